The fourth-order valence-electron chi connectivity index (χ4n) is 1.49. The number of carbonyl (C=O) groups is 2. The van der Waals surface area contributed by atoms with Crippen molar-refractivity contribution < 1.29 is 9.59 Å². The largest absolute Gasteiger partial charge is 0.308 e. The van der Waals surface area contributed by atoms with E-state index >= 15 is 0 Å². The standard InChI is InChI=1S/C14H10N2O2/c1-9(17)13(8-15)11-4-6-12(7-5-11)14(16-3)10(2)18/h4-7H,1-2H3. The molecule has 0 aliphatic carbocycles. The van der Waals surface area contributed by atoms with Crippen molar-refractivity contribution in [3.8, 4) is 6.07 Å². The highest BCUT2D eigenvalue weighted by Crippen LogP contribution is 1.96. The summed E-state index contributed by atoms with van der Waals surface area (Å²) in [6.45, 7) is 9.57. The zero-order valence-electron chi connectivity index (χ0n) is 10.0. The molecule has 0 fully saturated rings. The molecule has 0 unspecified atom stereocenters. The molecule has 0 aromatic heterocycles. The van der Waals surface area contributed by atoms with E-state index in [0.29, 0.717) is 10.4 Å². The Morgan fingerprint density at radius 3 is 1.94 bits per heavy atom. The average Bonchev–Trinajstić information content (AvgIpc) is 2.32. The van der Waals surface area contributed by atoms with E-state index in [4.69, 9.17) is 11.8 Å². The van der Waals surface area contributed by atoms with Crippen LogP contribution in [0.5, 0.6) is 0 Å². The first-order chi connectivity index (χ1) is 8.51. The highest BCUT2D eigenvalue weighted by molar-refractivity contribution is 6.18. The Bertz CT molecular complexity index is 629. The molecule has 1 aromatic carbocycles. The molecule has 88 valence electrons. The van der Waals surface area contributed by atoms with Crippen LogP contribution in [0, 0.1) is 17.9 Å². The molecule has 1 rings (SSSR count). The molecule has 0 atom stereocenters. The zero-order chi connectivity index (χ0) is 13.7. The minimum atomic E-state index is -0.314. The van der Waals surface area contributed by atoms with Crippen LogP contribution in [0.4, 0.5) is 0 Å². The highest BCUT2D eigenvalue weighted by Gasteiger charge is 2.05. The van der Waals surface area contributed by atoms with Crippen LogP contribution >= 0.6 is 0 Å². The number of nitriles is 1. The Morgan fingerprint density at radius 2 is 1.61 bits per heavy atom. The maximum absolute atomic E-state index is 11.2. The van der Waals surface area contributed by atoms with Gasteiger partial charge in [0.2, 0.25) is 5.70 Å². The zero-order valence-corrected chi connectivity index (χ0v) is 10.0. The Balaban J connectivity index is 3.60. The highest BCUT2D eigenvalue weighted by atomic mass is 16.1. The minimum Gasteiger partial charge on any atom is -0.308 e. The summed E-state index contributed by atoms with van der Waals surface area (Å²) >= 11 is 0. The summed E-state index contributed by atoms with van der Waals surface area (Å²) in [7, 11) is 0. The quantitative estimate of drug-likeness (QED) is 0.707. The topological polar surface area (TPSA) is 62.3 Å². The van der Waals surface area contributed by atoms with Crippen molar-refractivity contribution in [1.29, 1.82) is 5.26 Å². The molecule has 0 amide bonds. The lowest BCUT2D eigenvalue weighted by Gasteiger charge is -1.94. The normalized spacial score (nSPS) is 8.89. The van der Waals surface area contributed by atoms with Gasteiger partial charge in [0.25, 0.3) is 0 Å². The second kappa shape index (κ2) is 5.56. The van der Waals surface area contributed by atoms with Crippen LogP contribution in [0.25, 0.3) is 16.1 Å². The van der Waals surface area contributed by atoms with Gasteiger partial charge in [0.15, 0.2) is 11.6 Å². The molecule has 4 heteroatoms. The molecule has 0 N–H and O–H groups in total. The van der Waals surface area contributed by atoms with Gasteiger partial charge in [0.1, 0.15) is 11.6 Å². The van der Waals surface area contributed by atoms with Crippen LogP contribution in [0.2, 0.25) is 0 Å². The number of carbonyl (C=O) groups excluding carboxylic acids is 2. The van der Waals surface area contributed by atoms with Gasteiger partial charge in [0.05, 0.1) is 6.57 Å². The lowest BCUT2D eigenvalue weighted by atomic mass is 10.1. The molecule has 0 aliphatic rings. The Hall–Kier alpha value is -2.72. The third-order valence-electron chi connectivity index (χ3n) is 2.36. The van der Waals surface area contributed by atoms with E-state index in [1.807, 2.05) is 6.07 Å². The number of Topliss-reactive ketones (excluding diaryl/α,β-unsaturated/α-hetero) is 2. The number of rotatable bonds is 2. The van der Waals surface area contributed by atoms with E-state index in [-0.39, 0.29) is 22.8 Å². The van der Waals surface area contributed by atoms with Gasteiger partial charge in [-0.1, -0.05) is 24.3 Å². The summed E-state index contributed by atoms with van der Waals surface area (Å²) in [6, 6.07) is 8.07. The summed E-state index contributed by atoms with van der Waals surface area (Å²) in [6.07, 6.45) is 0. The van der Waals surface area contributed by atoms with Gasteiger partial charge in [0, 0.05) is 0 Å². The second-order valence-corrected chi connectivity index (χ2v) is 3.64. The molecular weight excluding hydrogens is 228 g/mol. The van der Waals surface area contributed by atoms with Gasteiger partial charge in [-0.15, -0.1) is 0 Å². The van der Waals surface area contributed by atoms with Gasteiger partial charge in [-0.2, -0.15) is 5.26 Å². The fraction of sp³-hybridized carbons (Fsp3) is 0.143. The van der Waals surface area contributed by atoms with Crippen LogP contribution in [-0.4, -0.2) is 11.6 Å². The monoisotopic (exact) mass is 238 g/mol. The van der Waals surface area contributed by atoms with Crippen molar-refractivity contribution in [2.24, 2.45) is 0 Å². The maximum atomic E-state index is 11.2. The number of hydrogen-bond acceptors (Lipinski definition) is 3. The molecule has 0 aliphatic heterocycles. The summed E-state index contributed by atoms with van der Waals surface area (Å²) in [5.74, 6) is -0.625. The van der Waals surface area contributed by atoms with E-state index in [9.17, 15) is 9.59 Å². The van der Waals surface area contributed by atoms with Crippen LogP contribution in [0.1, 0.15) is 13.8 Å². The van der Waals surface area contributed by atoms with Crippen molar-refractivity contribution in [1.82, 2.24) is 0 Å². The summed E-state index contributed by atoms with van der Waals surface area (Å²) in [5.41, 5.74) is 0.108. The molecule has 0 heterocycles. The maximum Gasteiger partial charge on any atom is 0.235 e. The smallest absolute Gasteiger partial charge is 0.235 e. The first kappa shape index (κ1) is 13.3. The van der Waals surface area contributed by atoms with Crippen LogP contribution in [-0.2, 0) is 9.59 Å². The lowest BCUT2D eigenvalue weighted by molar-refractivity contribution is -0.112. The average molecular weight is 238 g/mol. The van der Waals surface area contributed by atoms with Crippen LogP contribution in [0.3, 0.4) is 0 Å². The van der Waals surface area contributed by atoms with Crippen LogP contribution in [0.15, 0.2) is 24.3 Å². The predicted molar refractivity (Wildman–Crippen MR) is 66.1 cm³/mol. The van der Waals surface area contributed by atoms with E-state index in [0.717, 1.165) is 0 Å². The molecule has 0 saturated carbocycles. The van der Waals surface area contributed by atoms with E-state index in [2.05, 4.69) is 4.85 Å². The third-order valence-corrected chi connectivity index (χ3v) is 2.36. The molecule has 18 heavy (non-hydrogen) atoms. The Kier molecular flexibility index (Phi) is 4.12. The van der Waals surface area contributed by atoms with Gasteiger partial charge < -0.3 is 4.79 Å². The molecule has 0 spiro atoms. The first-order valence-electron chi connectivity index (χ1n) is 5.15. The van der Waals surface area contributed by atoms with E-state index in [1.165, 1.54) is 13.8 Å². The van der Waals surface area contributed by atoms with Crippen molar-refractivity contribution in [2.45, 2.75) is 13.8 Å². The summed E-state index contributed by atoms with van der Waals surface area (Å²) in [4.78, 5) is 25.6. The van der Waals surface area contributed by atoms with E-state index < -0.39 is 0 Å². The van der Waals surface area contributed by atoms with Gasteiger partial charge in [-0.3, -0.25) is 4.79 Å². The lowest BCUT2D eigenvalue weighted by Crippen LogP contribution is -2.16. The molecule has 0 saturated heterocycles. The number of benzene rings is 1. The number of nitrogens with zero attached hydrogens (tertiary/aromatic N) is 2. The second-order valence-electron chi connectivity index (χ2n) is 3.64. The molecular formula is C14H10N2O2. The van der Waals surface area contributed by atoms with Crippen molar-refractivity contribution >= 4 is 22.8 Å². The van der Waals surface area contributed by atoms with Gasteiger partial charge in [-0.05, 0) is 24.3 Å². The van der Waals surface area contributed by atoms with Crippen molar-refractivity contribution in [2.75, 3.05) is 0 Å². The third kappa shape index (κ3) is 2.69. The van der Waals surface area contributed by atoms with Crippen molar-refractivity contribution in [3.05, 3.63) is 46.1 Å². The molecule has 0 bridgehead atoms. The molecule has 0 radical (unpaired) electrons. The fourth-order valence-corrected chi connectivity index (χ4v) is 1.49. The minimum absolute atomic E-state index is 0.0443. The summed E-state index contributed by atoms with van der Waals surface area (Å²) < 4.78 is 0. The SMILES string of the molecule is [C-]#[N+]C(C(C)=O)=c1ccc(=C(C#N)C(C)=O)cc1. The Labute approximate surface area is 104 Å². The van der Waals surface area contributed by atoms with Crippen molar-refractivity contribution in [3.63, 3.8) is 0 Å². The van der Waals surface area contributed by atoms with Gasteiger partial charge >= 0.3 is 0 Å². The number of ketones is 2. The van der Waals surface area contributed by atoms with Gasteiger partial charge in [-0.25, -0.2) is 4.85 Å². The predicted octanol–water partition coefficient (Wildman–Crippen LogP) is 0.566. The first-order valence-corrected chi connectivity index (χ1v) is 5.15. The number of hydrogen-bond donors (Lipinski definition) is 0. The summed E-state index contributed by atoms with van der Waals surface area (Å²) in [5, 5.41) is 9.82. The molecule has 4 nitrogen and oxygen atoms in total. The molecule has 1 aromatic rings. The van der Waals surface area contributed by atoms with E-state index in [1.54, 1.807) is 24.3 Å². The Morgan fingerprint density at radius 1 is 1.11 bits per heavy atom. The van der Waals surface area contributed by atoms with Crippen LogP contribution < -0.4 is 10.4 Å².